The minimum atomic E-state index is 0.232. The van der Waals surface area contributed by atoms with E-state index >= 15 is 0 Å². The van der Waals surface area contributed by atoms with Gasteiger partial charge < -0.3 is 15.2 Å². The number of benzene rings is 1. The fourth-order valence-electron chi connectivity index (χ4n) is 2.84. The Bertz CT molecular complexity index is 432. The van der Waals surface area contributed by atoms with Crippen LogP contribution >= 0.6 is 0 Å². The van der Waals surface area contributed by atoms with Crippen molar-refractivity contribution in [2.75, 3.05) is 34.4 Å². The zero-order valence-electron chi connectivity index (χ0n) is 12.8. The van der Waals surface area contributed by atoms with E-state index in [4.69, 9.17) is 15.2 Å². The molecule has 4 nitrogen and oxygen atoms in total. The molecule has 1 fully saturated rings. The van der Waals surface area contributed by atoms with Gasteiger partial charge in [0.05, 0.1) is 14.2 Å². The lowest BCUT2D eigenvalue weighted by atomic mass is 9.84. The van der Waals surface area contributed by atoms with E-state index in [0.717, 1.165) is 24.0 Å². The smallest absolute Gasteiger partial charge is 0.161 e. The maximum Gasteiger partial charge on any atom is 0.161 e. The highest BCUT2D eigenvalue weighted by Crippen LogP contribution is 2.33. The van der Waals surface area contributed by atoms with Crippen molar-refractivity contribution in [1.29, 1.82) is 0 Å². The zero-order chi connectivity index (χ0) is 14.5. The summed E-state index contributed by atoms with van der Waals surface area (Å²) in [4.78, 5) is 2.37. The van der Waals surface area contributed by atoms with Crippen molar-refractivity contribution in [2.45, 2.75) is 25.3 Å². The van der Waals surface area contributed by atoms with Gasteiger partial charge in [-0.15, -0.1) is 0 Å². The van der Waals surface area contributed by atoms with Crippen LogP contribution in [-0.4, -0.2) is 39.3 Å². The summed E-state index contributed by atoms with van der Waals surface area (Å²) in [6.07, 6.45) is 4.09. The topological polar surface area (TPSA) is 47.7 Å². The van der Waals surface area contributed by atoms with E-state index in [1.54, 1.807) is 14.2 Å². The average molecular weight is 278 g/mol. The van der Waals surface area contributed by atoms with Crippen LogP contribution in [0.5, 0.6) is 11.5 Å². The summed E-state index contributed by atoms with van der Waals surface area (Å²) in [6, 6.07) is 6.30. The molecule has 0 aromatic heterocycles. The van der Waals surface area contributed by atoms with Gasteiger partial charge in [-0.2, -0.15) is 0 Å². The molecule has 0 radical (unpaired) electrons. The summed E-state index contributed by atoms with van der Waals surface area (Å²) in [6.45, 7) is 1.73. The van der Waals surface area contributed by atoms with Crippen LogP contribution in [0.25, 0.3) is 0 Å². The van der Waals surface area contributed by atoms with Gasteiger partial charge in [-0.1, -0.05) is 12.5 Å². The number of rotatable bonds is 7. The number of likely N-dealkylation sites (N-methyl/N-ethyl adjacent to an activating group) is 1. The second kappa shape index (κ2) is 6.95. The third kappa shape index (κ3) is 3.25. The first-order chi connectivity index (χ1) is 9.69. The molecule has 1 unspecified atom stereocenters. The van der Waals surface area contributed by atoms with Crippen molar-refractivity contribution < 1.29 is 9.47 Å². The van der Waals surface area contributed by atoms with Crippen molar-refractivity contribution in [1.82, 2.24) is 4.90 Å². The lowest BCUT2D eigenvalue weighted by Crippen LogP contribution is -2.36. The summed E-state index contributed by atoms with van der Waals surface area (Å²) < 4.78 is 10.7. The largest absolute Gasteiger partial charge is 0.493 e. The van der Waals surface area contributed by atoms with Crippen LogP contribution in [0.15, 0.2) is 18.2 Å². The number of nitrogens with two attached hydrogens (primary N) is 1. The zero-order valence-corrected chi connectivity index (χ0v) is 12.8. The molecule has 0 aliphatic heterocycles. The minimum absolute atomic E-state index is 0.232. The highest BCUT2D eigenvalue weighted by atomic mass is 16.5. The van der Waals surface area contributed by atoms with E-state index in [9.17, 15) is 0 Å². The molecule has 1 aliphatic carbocycles. The Balaban J connectivity index is 2.13. The van der Waals surface area contributed by atoms with Gasteiger partial charge in [-0.25, -0.2) is 0 Å². The monoisotopic (exact) mass is 278 g/mol. The highest BCUT2D eigenvalue weighted by Gasteiger charge is 2.24. The Hall–Kier alpha value is -1.26. The SMILES string of the molecule is COc1ccc(C(CN)N(C)CC2CCC2)cc1OC. The number of ether oxygens (including phenoxy) is 2. The summed E-state index contributed by atoms with van der Waals surface area (Å²) in [5, 5.41) is 0. The van der Waals surface area contributed by atoms with E-state index in [0.29, 0.717) is 6.54 Å². The van der Waals surface area contributed by atoms with Gasteiger partial charge in [-0.3, -0.25) is 4.90 Å². The molecule has 1 atom stereocenters. The van der Waals surface area contributed by atoms with Crippen molar-refractivity contribution >= 4 is 0 Å². The molecular weight excluding hydrogens is 252 g/mol. The molecule has 2 N–H and O–H groups in total. The highest BCUT2D eigenvalue weighted by molar-refractivity contribution is 5.43. The van der Waals surface area contributed by atoms with Crippen LogP contribution in [0.1, 0.15) is 30.9 Å². The van der Waals surface area contributed by atoms with Crippen LogP contribution < -0.4 is 15.2 Å². The van der Waals surface area contributed by atoms with Crippen molar-refractivity contribution in [2.24, 2.45) is 11.7 Å². The third-order valence-corrected chi connectivity index (χ3v) is 4.32. The van der Waals surface area contributed by atoms with E-state index in [1.807, 2.05) is 12.1 Å². The quantitative estimate of drug-likeness (QED) is 0.832. The van der Waals surface area contributed by atoms with Crippen LogP contribution in [0, 0.1) is 5.92 Å². The molecular formula is C16H26N2O2. The molecule has 0 amide bonds. The molecule has 0 heterocycles. The Morgan fingerprint density at radius 3 is 2.45 bits per heavy atom. The maximum absolute atomic E-state index is 5.99. The first-order valence-corrected chi connectivity index (χ1v) is 7.31. The van der Waals surface area contributed by atoms with E-state index in [1.165, 1.54) is 24.8 Å². The van der Waals surface area contributed by atoms with Gasteiger partial charge in [-0.05, 0) is 43.5 Å². The summed E-state index contributed by atoms with van der Waals surface area (Å²) in [5.74, 6) is 2.36. The van der Waals surface area contributed by atoms with Crippen LogP contribution in [0.2, 0.25) is 0 Å². The van der Waals surface area contributed by atoms with Crippen molar-refractivity contribution in [3.63, 3.8) is 0 Å². The second-order valence-electron chi connectivity index (χ2n) is 5.60. The third-order valence-electron chi connectivity index (χ3n) is 4.32. The van der Waals surface area contributed by atoms with Crippen LogP contribution in [-0.2, 0) is 0 Å². The Morgan fingerprint density at radius 2 is 1.95 bits per heavy atom. The molecule has 0 bridgehead atoms. The normalized spacial score (nSPS) is 16.9. The van der Waals surface area contributed by atoms with Crippen molar-refractivity contribution in [3.05, 3.63) is 23.8 Å². The Morgan fingerprint density at radius 1 is 1.25 bits per heavy atom. The molecule has 1 aliphatic rings. The first kappa shape index (κ1) is 15.1. The lowest BCUT2D eigenvalue weighted by Gasteiger charge is -2.34. The van der Waals surface area contributed by atoms with Gasteiger partial charge >= 0.3 is 0 Å². The molecule has 112 valence electrons. The second-order valence-corrected chi connectivity index (χ2v) is 5.60. The van der Waals surface area contributed by atoms with Gasteiger partial charge in [0, 0.05) is 19.1 Å². The standard InChI is InChI=1S/C16H26N2O2/c1-18(11-12-5-4-6-12)14(10-17)13-7-8-15(19-2)16(9-13)20-3/h7-9,12,14H,4-6,10-11,17H2,1-3H3. The summed E-state index contributed by atoms with van der Waals surface area (Å²) >= 11 is 0. The predicted molar refractivity (Wildman–Crippen MR) is 81.3 cm³/mol. The van der Waals surface area contributed by atoms with Gasteiger partial charge in [0.15, 0.2) is 11.5 Å². The van der Waals surface area contributed by atoms with Crippen molar-refractivity contribution in [3.8, 4) is 11.5 Å². The number of methoxy groups -OCH3 is 2. The van der Waals surface area contributed by atoms with Crippen LogP contribution in [0.4, 0.5) is 0 Å². The lowest BCUT2D eigenvalue weighted by molar-refractivity contribution is 0.164. The molecule has 0 spiro atoms. The van der Waals surface area contributed by atoms with E-state index < -0.39 is 0 Å². The van der Waals surface area contributed by atoms with Gasteiger partial charge in [0.1, 0.15) is 0 Å². The van der Waals surface area contributed by atoms with Gasteiger partial charge in [0.25, 0.3) is 0 Å². The molecule has 4 heteroatoms. The van der Waals surface area contributed by atoms with Gasteiger partial charge in [0.2, 0.25) is 0 Å². The fourth-order valence-corrected chi connectivity index (χ4v) is 2.84. The number of hydrogen-bond donors (Lipinski definition) is 1. The van der Waals surface area contributed by atoms with Crippen LogP contribution in [0.3, 0.4) is 0 Å². The summed E-state index contributed by atoms with van der Waals surface area (Å²) in [7, 11) is 5.48. The Kier molecular flexibility index (Phi) is 5.26. The molecule has 1 aromatic rings. The molecule has 1 saturated carbocycles. The molecule has 20 heavy (non-hydrogen) atoms. The molecule has 0 saturated heterocycles. The number of hydrogen-bond acceptors (Lipinski definition) is 4. The first-order valence-electron chi connectivity index (χ1n) is 7.31. The van der Waals surface area contributed by atoms with E-state index in [-0.39, 0.29) is 6.04 Å². The maximum atomic E-state index is 5.99. The van der Waals surface area contributed by atoms with E-state index in [2.05, 4.69) is 18.0 Å². The molecule has 2 rings (SSSR count). The number of nitrogens with zero attached hydrogens (tertiary/aromatic N) is 1. The average Bonchev–Trinajstić information content (AvgIpc) is 2.43. The fraction of sp³-hybridized carbons (Fsp3) is 0.625. The Labute approximate surface area is 121 Å². The minimum Gasteiger partial charge on any atom is -0.493 e. The molecule has 1 aromatic carbocycles. The summed E-state index contributed by atoms with van der Waals surface area (Å²) in [5.41, 5.74) is 7.18. The predicted octanol–water partition coefficient (Wildman–Crippen LogP) is 2.44.